The van der Waals surface area contributed by atoms with E-state index in [1.165, 1.54) is 32.1 Å². The van der Waals surface area contributed by atoms with Gasteiger partial charge in [0.2, 0.25) is 0 Å². The number of alkyl carbamates (subject to hydrolysis) is 1. The Morgan fingerprint density at radius 3 is 2.45 bits per heavy atom. The fraction of sp³-hybridized carbons (Fsp3) is 0.875. The standard InChI is InChI=1S/C16H29NO3/c1-3-16(4-2,14-10-6-5-7-11-14)20-15(19)17-12-8-9-13-18/h13-14H,3-12H2,1-2H3,(H,17,19). The van der Waals surface area contributed by atoms with E-state index in [0.29, 0.717) is 25.3 Å². The Balaban J connectivity index is 2.51. The molecule has 4 heteroatoms. The minimum atomic E-state index is -0.329. The van der Waals surface area contributed by atoms with Gasteiger partial charge < -0.3 is 14.8 Å². The molecule has 0 bridgehead atoms. The highest BCUT2D eigenvalue weighted by molar-refractivity contribution is 5.67. The lowest BCUT2D eigenvalue weighted by Crippen LogP contribution is -2.45. The molecule has 1 aliphatic rings. The zero-order valence-electron chi connectivity index (χ0n) is 13.0. The number of unbranched alkanes of at least 4 members (excludes halogenated alkanes) is 1. The SMILES string of the molecule is CCC(CC)(OC(=O)NCCCC=O)C1CCCCC1. The van der Waals surface area contributed by atoms with Gasteiger partial charge in [0.1, 0.15) is 11.9 Å². The molecule has 1 fully saturated rings. The number of aldehydes is 1. The van der Waals surface area contributed by atoms with Crippen LogP contribution in [0.15, 0.2) is 0 Å². The number of ether oxygens (including phenoxy) is 1. The van der Waals surface area contributed by atoms with Crippen LogP contribution in [0.4, 0.5) is 4.79 Å². The van der Waals surface area contributed by atoms with Gasteiger partial charge in [0.05, 0.1) is 0 Å². The van der Waals surface area contributed by atoms with Crippen molar-refractivity contribution in [1.82, 2.24) is 5.32 Å². The average molecular weight is 283 g/mol. The minimum absolute atomic E-state index is 0.310. The third-order valence-corrected chi connectivity index (χ3v) is 4.61. The molecule has 0 aromatic carbocycles. The van der Waals surface area contributed by atoms with Crippen LogP contribution in [-0.4, -0.2) is 24.5 Å². The predicted octanol–water partition coefficient (Wildman–Crippen LogP) is 3.83. The Morgan fingerprint density at radius 2 is 1.90 bits per heavy atom. The maximum Gasteiger partial charge on any atom is 0.407 e. The van der Waals surface area contributed by atoms with Crippen molar-refractivity contribution in [1.29, 1.82) is 0 Å². The molecule has 0 radical (unpaired) electrons. The topological polar surface area (TPSA) is 55.4 Å². The fourth-order valence-electron chi connectivity index (χ4n) is 3.28. The lowest BCUT2D eigenvalue weighted by atomic mass is 9.74. The quantitative estimate of drug-likeness (QED) is 0.544. The van der Waals surface area contributed by atoms with E-state index in [2.05, 4.69) is 19.2 Å². The summed E-state index contributed by atoms with van der Waals surface area (Å²) in [7, 11) is 0. The van der Waals surface area contributed by atoms with Gasteiger partial charge in [-0.05, 0) is 38.0 Å². The second kappa shape index (κ2) is 8.98. The van der Waals surface area contributed by atoms with E-state index in [0.717, 1.165) is 19.1 Å². The summed E-state index contributed by atoms with van der Waals surface area (Å²) in [5.41, 5.74) is -0.310. The van der Waals surface area contributed by atoms with Gasteiger partial charge in [-0.3, -0.25) is 0 Å². The first-order valence-corrected chi connectivity index (χ1v) is 8.09. The van der Waals surface area contributed by atoms with Crippen LogP contribution in [-0.2, 0) is 9.53 Å². The molecular formula is C16H29NO3. The number of hydrogen-bond acceptors (Lipinski definition) is 3. The lowest BCUT2D eigenvalue weighted by molar-refractivity contribution is -0.107. The number of rotatable bonds is 8. The molecule has 0 heterocycles. The Hall–Kier alpha value is -1.06. The van der Waals surface area contributed by atoms with Gasteiger partial charge in [0.25, 0.3) is 0 Å². The van der Waals surface area contributed by atoms with Gasteiger partial charge in [0.15, 0.2) is 0 Å². The van der Waals surface area contributed by atoms with Crippen molar-refractivity contribution < 1.29 is 14.3 Å². The zero-order valence-corrected chi connectivity index (χ0v) is 13.0. The monoisotopic (exact) mass is 283 g/mol. The maximum atomic E-state index is 12.0. The predicted molar refractivity (Wildman–Crippen MR) is 79.7 cm³/mol. The molecule has 0 spiro atoms. The molecule has 1 aliphatic carbocycles. The van der Waals surface area contributed by atoms with E-state index >= 15 is 0 Å². The van der Waals surface area contributed by atoms with E-state index in [1.54, 1.807) is 0 Å². The van der Waals surface area contributed by atoms with Crippen molar-refractivity contribution >= 4 is 12.4 Å². The van der Waals surface area contributed by atoms with Crippen molar-refractivity contribution in [2.75, 3.05) is 6.54 Å². The third-order valence-electron chi connectivity index (χ3n) is 4.61. The average Bonchev–Trinajstić information content (AvgIpc) is 2.50. The first kappa shape index (κ1) is 17.0. The van der Waals surface area contributed by atoms with Crippen molar-refractivity contribution in [3.05, 3.63) is 0 Å². The molecular weight excluding hydrogens is 254 g/mol. The molecule has 0 aromatic rings. The Kier molecular flexibility index (Phi) is 7.63. The van der Waals surface area contributed by atoms with Gasteiger partial charge in [-0.15, -0.1) is 0 Å². The van der Waals surface area contributed by atoms with E-state index < -0.39 is 0 Å². The Bertz CT molecular complexity index is 294. The highest BCUT2D eigenvalue weighted by Gasteiger charge is 2.39. The highest BCUT2D eigenvalue weighted by atomic mass is 16.6. The number of nitrogens with one attached hydrogen (secondary N) is 1. The van der Waals surface area contributed by atoms with Crippen LogP contribution in [0.3, 0.4) is 0 Å². The molecule has 0 aliphatic heterocycles. The molecule has 1 rings (SSSR count). The normalized spacial score (nSPS) is 16.7. The third kappa shape index (κ3) is 4.80. The van der Waals surface area contributed by atoms with Crippen molar-refractivity contribution in [2.45, 2.75) is 77.2 Å². The number of carbonyl (C=O) groups excluding carboxylic acids is 2. The van der Waals surface area contributed by atoms with Gasteiger partial charge in [-0.1, -0.05) is 33.1 Å². The molecule has 20 heavy (non-hydrogen) atoms. The molecule has 0 atom stereocenters. The highest BCUT2D eigenvalue weighted by Crippen LogP contribution is 2.39. The number of carbonyl (C=O) groups is 2. The van der Waals surface area contributed by atoms with Gasteiger partial charge >= 0.3 is 6.09 Å². The van der Waals surface area contributed by atoms with Crippen LogP contribution < -0.4 is 5.32 Å². The fourth-order valence-corrected chi connectivity index (χ4v) is 3.28. The smallest absolute Gasteiger partial charge is 0.407 e. The van der Waals surface area contributed by atoms with Gasteiger partial charge in [-0.2, -0.15) is 0 Å². The second-order valence-electron chi connectivity index (χ2n) is 5.73. The van der Waals surface area contributed by atoms with Crippen LogP contribution >= 0.6 is 0 Å². The molecule has 116 valence electrons. The van der Waals surface area contributed by atoms with Gasteiger partial charge in [-0.25, -0.2) is 4.79 Å². The Labute approximate surface area is 122 Å². The summed E-state index contributed by atoms with van der Waals surface area (Å²) in [5.74, 6) is 0.493. The van der Waals surface area contributed by atoms with Crippen molar-refractivity contribution in [2.24, 2.45) is 5.92 Å². The van der Waals surface area contributed by atoms with Crippen LogP contribution in [0.5, 0.6) is 0 Å². The summed E-state index contributed by atoms with van der Waals surface area (Å²) in [6, 6.07) is 0. The molecule has 0 saturated heterocycles. The van der Waals surface area contributed by atoms with E-state index in [9.17, 15) is 9.59 Å². The molecule has 1 amide bonds. The molecule has 1 N–H and O–H groups in total. The summed E-state index contributed by atoms with van der Waals surface area (Å²) < 4.78 is 5.82. The summed E-state index contributed by atoms with van der Waals surface area (Å²) in [6.07, 6.45) is 9.57. The van der Waals surface area contributed by atoms with E-state index in [4.69, 9.17) is 4.74 Å². The van der Waals surface area contributed by atoms with Crippen LogP contribution in [0, 0.1) is 5.92 Å². The van der Waals surface area contributed by atoms with Crippen molar-refractivity contribution in [3.63, 3.8) is 0 Å². The second-order valence-corrected chi connectivity index (χ2v) is 5.73. The molecule has 0 unspecified atom stereocenters. The lowest BCUT2D eigenvalue weighted by Gasteiger charge is -2.41. The summed E-state index contributed by atoms with van der Waals surface area (Å²) in [6.45, 7) is 4.72. The first-order valence-electron chi connectivity index (χ1n) is 8.09. The minimum Gasteiger partial charge on any atom is -0.443 e. The molecule has 0 aromatic heterocycles. The van der Waals surface area contributed by atoms with Crippen LogP contribution in [0.2, 0.25) is 0 Å². The Morgan fingerprint density at radius 1 is 1.25 bits per heavy atom. The zero-order chi connectivity index (χ0) is 14.8. The van der Waals surface area contributed by atoms with Crippen LogP contribution in [0.1, 0.15) is 71.6 Å². The number of amides is 1. The molecule has 4 nitrogen and oxygen atoms in total. The van der Waals surface area contributed by atoms with Crippen LogP contribution in [0.25, 0.3) is 0 Å². The summed E-state index contributed by atoms with van der Waals surface area (Å²) >= 11 is 0. The maximum absolute atomic E-state index is 12.0. The summed E-state index contributed by atoms with van der Waals surface area (Å²) in [5, 5.41) is 2.76. The van der Waals surface area contributed by atoms with Gasteiger partial charge in [0, 0.05) is 13.0 Å². The van der Waals surface area contributed by atoms with Crippen molar-refractivity contribution in [3.8, 4) is 0 Å². The largest absolute Gasteiger partial charge is 0.443 e. The molecule has 1 saturated carbocycles. The van der Waals surface area contributed by atoms with E-state index in [-0.39, 0.29) is 11.7 Å². The summed E-state index contributed by atoms with van der Waals surface area (Å²) in [4.78, 5) is 22.2. The number of hydrogen-bond donors (Lipinski definition) is 1. The van der Waals surface area contributed by atoms with E-state index in [1.807, 2.05) is 0 Å². The first-order chi connectivity index (χ1) is 9.68.